The maximum absolute atomic E-state index is 5.75. The number of ether oxygens (including phenoxy) is 1. The fourth-order valence-corrected chi connectivity index (χ4v) is 8.64. The van der Waals surface area contributed by atoms with E-state index in [1.54, 1.807) is 5.57 Å². The molecule has 0 aromatic rings. The van der Waals surface area contributed by atoms with E-state index in [1.807, 2.05) is 7.11 Å². The van der Waals surface area contributed by atoms with Gasteiger partial charge in [0.15, 0.2) is 0 Å². The second kappa shape index (κ2) is 8.18. The summed E-state index contributed by atoms with van der Waals surface area (Å²) in [6.07, 6.45) is 19.4. The van der Waals surface area contributed by atoms with Gasteiger partial charge in [0.2, 0.25) is 0 Å². The lowest BCUT2D eigenvalue weighted by Crippen LogP contribution is -2.50. The van der Waals surface area contributed by atoms with Crippen molar-refractivity contribution in [1.29, 1.82) is 0 Å². The third-order valence-corrected chi connectivity index (χ3v) is 10.3. The third kappa shape index (κ3) is 3.68. The number of methoxy groups -OCH3 is 1. The summed E-state index contributed by atoms with van der Waals surface area (Å²) in [5, 5.41) is 0. The van der Waals surface area contributed by atoms with Crippen LogP contribution in [0.4, 0.5) is 0 Å². The normalized spacial score (nSPS) is 44.9. The average Bonchev–Trinajstić information content (AvgIpc) is 3.04. The topological polar surface area (TPSA) is 9.23 Å². The summed E-state index contributed by atoms with van der Waals surface area (Å²) in [6, 6.07) is 0. The average molecular weight is 399 g/mol. The molecule has 0 saturated heterocycles. The molecule has 0 bridgehead atoms. The Morgan fingerprint density at radius 1 is 1.14 bits per heavy atom. The smallest absolute Gasteiger partial charge is 0.0608 e. The molecule has 164 valence electrons. The molecule has 8 atom stereocenters. The van der Waals surface area contributed by atoms with Crippen LogP contribution in [0.15, 0.2) is 23.3 Å². The minimum Gasteiger partial charge on any atom is -0.381 e. The van der Waals surface area contributed by atoms with Crippen LogP contribution < -0.4 is 0 Å². The van der Waals surface area contributed by atoms with Crippen LogP contribution in [-0.2, 0) is 4.74 Å². The molecule has 1 unspecified atom stereocenters. The number of rotatable bonds is 5. The Bertz CT molecular complexity index is 655. The Kier molecular flexibility index (Phi) is 6.11. The van der Waals surface area contributed by atoms with Crippen molar-refractivity contribution in [3.8, 4) is 0 Å². The standard InChI is InChI=1S/C28H46O/c1-19(2)8-7-9-20(3)24-12-13-25-23-11-10-21-18-22(29-6)14-16-27(21,4)26(23)15-17-28(24,25)5/h8,10,20,22-26H,7,9,11-18H2,1-6H3/t20-,22?,23+,24-,25+,26+,27+,28-/m1/s1. The lowest BCUT2D eigenvalue weighted by molar-refractivity contribution is -0.0599. The molecule has 0 N–H and O–H groups in total. The molecule has 29 heavy (non-hydrogen) atoms. The maximum Gasteiger partial charge on any atom is 0.0608 e. The summed E-state index contributed by atoms with van der Waals surface area (Å²) in [5.41, 5.74) is 4.29. The van der Waals surface area contributed by atoms with Gasteiger partial charge >= 0.3 is 0 Å². The van der Waals surface area contributed by atoms with Gasteiger partial charge in [-0.3, -0.25) is 0 Å². The van der Waals surface area contributed by atoms with Gasteiger partial charge in [0.25, 0.3) is 0 Å². The molecule has 0 amide bonds. The molecule has 0 aromatic carbocycles. The van der Waals surface area contributed by atoms with E-state index in [9.17, 15) is 0 Å². The molecule has 4 rings (SSSR count). The van der Waals surface area contributed by atoms with Crippen LogP contribution in [0.25, 0.3) is 0 Å². The highest BCUT2D eigenvalue weighted by Gasteiger charge is 2.59. The highest BCUT2D eigenvalue weighted by atomic mass is 16.5. The van der Waals surface area contributed by atoms with E-state index in [1.165, 1.54) is 69.8 Å². The van der Waals surface area contributed by atoms with Gasteiger partial charge in [-0.2, -0.15) is 0 Å². The van der Waals surface area contributed by atoms with Gasteiger partial charge in [-0.05, 0) is 118 Å². The molecule has 3 fully saturated rings. The van der Waals surface area contributed by atoms with Crippen molar-refractivity contribution in [2.75, 3.05) is 7.11 Å². The highest BCUT2D eigenvalue weighted by Crippen LogP contribution is 2.67. The molecule has 0 aromatic heterocycles. The van der Waals surface area contributed by atoms with Gasteiger partial charge in [-0.15, -0.1) is 0 Å². The molecule has 0 spiro atoms. The van der Waals surface area contributed by atoms with Gasteiger partial charge in [0.1, 0.15) is 0 Å². The van der Waals surface area contributed by atoms with Crippen LogP contribution in [0.1, 0.15) is 98.8 Å². The molecular weight excluding hydrogens is 352 g/mol. The zero-order valence-electron chi connectivity index (χ0n) is 20.1. The molecule has 4 aliphatic carbocycles. The fraction of sp³-hybridized carbons (Fsp3) is 0.857. The molecule has 1 heteroatoms. The lowest BCUT2D eigenvalue weighted by atomic mass is 9.47. The Balaban J connectivity index is 1.50. The van der Waals surface area contributed by atoms with Crippen molar-refractivity contribution >= 4 is 0 Å². The largest absolute Gasteiger partial charge is 0.381 e. The van der Waals surface area contributed by atoms with Crippen molar-refractivity contribution in [1.82, 2.24) is 0 Å². The number of hydrogen-bond donors (Lipinski definition) is 0. The first-order valence-electron chi connectivity index (χ1n) is 12.6. The fourth-order valence-electron chi connectivity index (χ4n) is 8.64. The second-order valence-electron chi connectivity index (χ2n) is 11.9. The van der Waals surface area contributed by atoms with Crippen LogP contribution in [0.3, 0.4) is 0 Å². The summed E-state index contributed by atoms with van der Waals surface area (Å²) in [5.74, 6) is 4.66. The maximum atomic E-state index is 5.75. The van der Waals surface area contributed by atoms with E-state index in [0.29, 0.717) is 16.9 Å². The van der Waals surface area contributed by atoms with E-state index in [0.717, 1.165) is 29.6 Å². The van der Waals surface area contributed by atoms with Crippen LogP contribution >= 0.6 is 0 Å². The summed E-state index contributed by atoms with van der Waals surface area (Å²) < 4.78 is 5.75. The van der Waals surface area contributed by atoms with Crippen molar-refractivity contribution < 1.29 is 4.74 Å². The highest BCUT2D eigenvalue weighted by molar-refractivity contribution is 5.25. The van der Waals surface area contributed by atoms with E-state index >= 15 is 0 Å². The predicted molar refractivity (Wildman–Crippen MR) is 124 cm³/mol. The molecule has 0 heterocycles. The van der Waals surface area contributed by atoms with Crippen LogP contribution in [0.2, 0.25) is 0 Å². The minimum atomic E-state index is 0.465. The summed E-state index contributed by atoms with van der Waals surface area (Å²) in [4.78, 5) is 0. The Labute approximate surface area is 180 Å². The Morgan fingerprint density at radius 2 is 1.93 bits per heavy atom. The monoisotopic (exact) mass is 398 g/mol. The van der Waals surface area contributed by atoms with E-state index in [-0.39, 0.29) is 0 Å². The summed E-state index contributed by atoms with van der Waals surface area (Å²) in [7, 11) is 1.91. The first kappa shape index (κ1) is 21.7. The zero-order valence-corrected chi connectivity index (χ0v) is 20.1. The Morgan fingerprint density at radius 3 is 2.66 bits per heavy atom. The summed E-state index contributed by atoms with van der Waals surface area (Å²) >= 11 is 0. The number of fused-ring (bicyclic) bond motifs is 5. The van der Waals surface area contributed by atoms with Crippen molar-refractivity contribution in [3.05, 3.63) is 23.3 Å². The molecular formula is C28H46O. The molecule has 4 aliphatic rings. The first-order chi connectivity index (χ1) is 13.8. The van der Waals surface area contributed by atoms with Crippen LogP contribution in [0, 0.1) is 40.4 Å². The van der Waals surface area contributed by atoms with Crippen molar-refractivity contribution in [3.63, 3.8) is 0 Å². The van der Waals surface area contributed by atoms with E-state index < -0.39 is 0 Å². The van der Waals surface area contributed by atoms with E-state index in [2.05, 4.69) is 46.8 Å². The summed E-state index contributed by atoms with van der Waals surface area (Å²) in [6.45, 7) is 12.4. The van der Waals surface area contributed by atoms with Gasteiger partial charge < -0.3 is 4.74 Å². The van der Waals surface area contributed by atoms with Gasteiger partial charge in [0.05, 0.1) is 6.10 Å². The second-order valence-corrected chi connectivity index (χ2v) is 11.9. The van der Waals surface area contributed by atoms with Gasteiger partial charge in [-0.25, -0.2) is 0 Å². The lowest BCUT2D eigenvalue weighted by Gasteiger charge is -2.58. The predicted octanol–water partition coefficient (Wildman–Crippen LogP) is 7.96. The number of allylic oxidation sites excluding steroid dienone is 3. The van der Waals surface area contributed by atoms with E-state index in [4.69, 9.17) is 4.74 Å². The SMILES string of the molecule is COC1CC[C@@]2(C)C(=CC[C@H]3[C@@H]4CC[C@H]([C@H](C)CCC=C(C)C)[C@@]4(C)CC[C@@H]32)C1. The quantitative estimate of drug-likeness (QED) is 0.427. The van der Waals surface area contributed by atoms with Crippen molar-refractivity contribution in [2.24, 2.45) is 40.4 Å². The molecule has 0 aliphatic heterocycles. The Hall–Kier alpha value is -0.560. The molecule has 3 saturated carbocycles. The van der Waals surface area contributed by atoms with Crippen LogP contribution in [0.5, 0.6) is 0 Å². The van der Waals surface area contributed by atoms with Crippen LogP contribution in [-0.4, -0.2) is 13.2 Å². The van der Waals surface area contributed by atoms with Gasteiger partial charge in [-0.1, -0.05) is 44.1 Å². The zero-order chi connectivity index (χ0) is 20.8. The first-order valence-corrected chi connectivity index (χ1v) is 12.6. The minimum absolute atomic E-state index is 0.465. The molecule has 0 radical (unpaired) electrons. The number of hydrogen-bond acceptors (Lipinski definition) is 1. The van der Waals surface area contributed by atoms with Crippen molar-refractivity contribution in [2.45, 2.75) is 105 Å². The third-order valence-electron chi connectivity index (χ3n) is 10.3. The molecule has 1 nitrogen and oxygen atoms in total. The van der Waals surface area contributed by atoms with Gasteiger partial charge in [0, 0.05) is 7.11 Å².